The minimum Gasteiger partial charge on any atom is -0.387 e. The zero-order valence-corrected chi connectivity index (χ0v) is 11.8. The van der Waals surface area contributed by atoms with E-state index in [-0.39, 0.29) is 0 Å². The highest BCUT2D eigenvalue weighted by atomic mass is 19.4. The number of nitriles is 1. The molecule has 2 rings (SSSR count). The third-order valence-corrected chi connectivity index (χ3v) is 4.47. The first kappa shape index (κ1) is 15.8. The lowest BCUT2D eigenvalue weighted by Crippen LogP contribution is -2.32. The average Bonchev–Trinajstić information content (AvgIpc) is 2.47. The molecule has 0 spiro atoms. The smallest absolute Gasteiger partial charge is 0.387 e. The number of rotatable bonds is 2. The SMILES string of the molecule is CC1CCC(C#N)(C(O)c2ccc(C(F)(F)F)cc2)CC1. The van der Waals surface area contributed by atoms with Gasteiger partial charge in [-0.3, -0.25) is 0 Å². The summed E-state index contributed by atoms with van der Waals surface area (Å²) in [5.74, 6) is 0.520. The summed E-state index contributed by atoms with van der Waals surface area (Å²) in [6.45, 7) is 2.10. The number of benzene rings is 1. The Morgan fingerprint density at radius 3 is 2.19 bits per heavy atom. The number of hydrogen-bond acceptors (Lipinski definition) is 2. The quantitative estimate of drug-likeness (QED) is 0.876. The topological polar surface area (TPSA) is 44.0 Å². The second-order valence-electron chi connectivity index (χ2n) is 5.97. The van der Waals surface area contributed by atoms with Gasteiger partial charge < -0.3 is 5.11 Å². The number of aliphatic hydroxyl groups excluding tert-OH is 1. The molecule has 0 saturated heterocycles. The summed E-state index contributed by atoms with van der Waals surface area (Å²) in [4.78, 5) is 0. The molecule has 0 bridgehead atoms. The lowest BCUT2D eigenvalue weighted by atomic mass is 9.67. The molecule has 0 radical (unpaired) electrons. The summed E-state index contributed by atoms with van der Waals surface area (Å²) in [5, 5.41) is 19.9. The van der Waals surface area contributed by atoms with Gasteiger partial charge >= 0.3 is 6.18 Å². The van der Waals surface area contributed by atoms with Gasteiger partial charge in [0.25, 0.3) is 0 Å². The number of alkyl halides is 3. The van der Waals surface area contributed by atoms with Crippen molar-refractivity contribution in [1.29, 1.82) is 5.26 Å². The molecule has 2 nitrogen and oxygen atoms in total. The summed E-state index contributed by atoms with van der Waals surface area (Å²) < 4.78 is 37.6. The van der Waals surface area contributed by atoms with Gasteiger partial charge in [0, 0.05) is 0 Å². The molecule has 1 N–H and O–H groups in total. The van der Waals surface area contributed by atoms with Gasteiger partial charge in [0.15, 0.2) is 0 Å². The molecule has 0 heterocycles. The third-order valence-electron chi connectivity index (χ3n) is 4.47. The summed E-state index contributed by atoms with van der Waals surface area (Å²) in [7, 11) is 0. The van der Waals surface area contributed by atoms with Crippen LogP contribution in [0.15, 0.2) is 24.3 Å². The van der Waals surface area contributed by atoms with Crippen molar-refractivity contribution in [3.05, 3.63) is 35.4 Å². The van der Waals surface area contributed by atoms with Crippen LogP contribution in [0.25, 0.3) is 0 Å². The molecule has 1 aliphatic carbocycles. The first-order valence-electron chi connectivity index (χ1n) is 7.05. The van der Waals surface area contributed by atoms with E-state index in [1.54, 1.807) is 0 Å². The third kappa shape index (κ3) is 3.21. The van der Waals surface area contributed by atoms with Crippen LogP contribution in [-0.2, 0) is 6.18 Å². The van der Waals surface area contributed by atoms with Gasteiger partial charge in [-0.15, -0.1) is 0 Å². The Kier molecular flexibility index (Phi) is 4.29. The fourth-order valence-electron chi connectivity index (χ4n) is 2.90. The van der Waals surface area contributed by atoms with Gasteiger partial charge in [0.05, 0.1) is 23.2 Å². The van der Waals surface area contributed by atoms with Crippen molar-refractivity contribution < 1.29 is 18.3 Å². The number of aliphatic hydroxyl groups is 1. The Hall–Kier alpha value is -1.54. The van der Waals surface area contributed by atoms with Crippen LogP contribution in [0.3, 0.4) is 0 Å². The maximum atomic E-state index is 12.5. The second kappa shape index (κ2) is 5.69. The van der Waals surface area contributed by atoms with Crippen molar-refractivity contribution in [2.45, 2.75) is 44.9 Å². The Labute approximate surface area is 122 Å². The predicted molar refractivity (Wildman–Crippen MR) is 72.1 cm³/mol. The molecule has 1 atom stereocenters. The normalized spacial score (nSPS) is 27.9. The maximum Gasteiger partial charge on any atom is 0.416 e. The van der Waals surface area contributed by atoms with Gasteiger partial charge in [-0.1, -0.05) is 19.1 Å². The molecule has 5 heteroatoms. The molecule has 114 valence electrons. The van der Waals surface area contributed by atoms with Crippen molar-refractivity contribution in [2.75, 3.05) is 0 Å². The van der Waals surface area contributed by atoms with Crippen LogP contribution < -0.4 is 0 Å². The van der Waals surface area contributed by atoms with Gasteiger partial charge in [-0.05, 0) is 49.3 Å². The summed E-state index contributed by atoms with van der Waals surface area (Å²) in [6.07, 6.45) is -2.58. The van der Waals surface area contributed by atoms with Gasteiger partial charge in [0.2, 0.25) is 0 Å². The van der Waals surface area contributed by atoms with E-state index in [1.165, 1.54) is 12.1 Å². The van der Waals surface area contributed by atoms with Crippen LogP contribution in [0.4, 0.5) is 13.2 Å². The first-order chi connectivity index (χ1) is 9.78. The molecule has 1 aliphatic rings. The molecule has 1 fully saturated rings. The summed E-state index contributed by atoms with van der Waals surface area (Å²) >= 11 is 0. The molecule has 21 heavy (non-hydrogen) atoms. The van der Waals surface area contributed by atoms with Crippen molar-refractivity contribution in [2.24, 2.45) is 11.3 Å². The molecular weight excluding hydrogens is 279 g/mol. The predicted octanol–water partition coefficient (Wildman–Crippen LogP) is 4.46. The maximum absolute atomic E-state index is 12.5. The summed E-state index contributed by atoms with van der Waals surface area (Å²) in [6, 6.07) is 6.65. The van der Waals surface area contributed by atoms with Crippen molar-refractivity contribution >= 4 is 0 Å². The molecular formula is C16H18F3NO. The molecule has 0 amide bonds. The minimum atomic E-state index is -4.39. The fourth-order valence-corrected chi connectivity index (χ4v) is 2.90. The van der Waals surface area contributed by atoms with E-state index in [1.807, 2.05) is 0 Å². The fraction of sp³-hybridized carbons (Fsp3) is 0.562. The van der Waals surface area contributed by atoms with E-state index in [0.717, 1.165) is 25.0 Å². The zero-order chi connectivity index (χ0) is 15.7. The van der Waals surface area contributed by atoms with E-state index in [9.17, 15) is 23.5 Å². The Morgan fingerprint density at radius 1 is 1.24 bits per heavy atom. The molecule has 1 saturated carbocycles. The van der Waals surface area contributed by atoms with Crippen molar-refractivity contribution in [1.82, 2.24) is 0 Å². The summed E-state index contributed by atoms with van der Waals surface area (Å²) in [5.41, 5.74) is -1.26. The van der Waals surface area contributed by atoms with E-state index in [2.05, 4.69) is 13.0 Å². The highest BCUT2D eigenvalue weighted by molar-refractivity contribution is 5.29. The van der Waals surface area contributed by atoms with Crippen LogP contribution in [0.2, 0.25) is 0 Å². The van der Waals surface area contributed by atoms with Gasteiger partial charge in [-0.2, -0.15) is 18.4 Å². The monoisotopic (exact) mass is 297 g/mol. The van der Waals surface area contributed by atoms with Gasteiger partial charge in [-0.25, -0.2) is 0 Å². The zero-order valence-electron chi connectivity index (χ0n) is 11.8. The molecule has 1 aromatic rings. The van der Waals surface area contributed by atoms with Crippen LogP contribution in [0.1, 0.15) is 49.8 Å². The van der Waals surface area contributed by atoms with Crippen LogP contribution in [0, 0.1) is 22.7 Å². The molecule has 1 aromatic carbocycles. The second-order valence-corrected chi connectivity index (χ2v) is 5.97. The highest BCUT2D eigenvalue weighted by Crippen LogP contribution is 2.47. The lowest BCUT2D eigenvalue weighted by molar-refractivity contribution is -0.137. The number of nitrogens with zero attached hydrogens (tertiary/aromatic N) is 1. The van der Waals surface area contributed by atoms with E-state index < -0.39 is 23.3 Å². The van der Waals surface area contributed by atoms with E-state index in [4.69, 9.17) is 0 Å². The van der Waals surface area contributed by atoms with E-state index >= 15 is 0 Å². The Morgan fingerprint density at radius 2 is 1.76 bits per heavy atom. The number of hydrogen-bond donors (Lipinski definition) is 1. The van der Waals surface area contributed by atoms with E-state index in [0.29, 0.717) is 24.3 Å². The van der Waals surface area contributed by atoms with Gasteiger partial charge in [0.1, 0.15) is 0 Å². The standard InChI is InChI=1S/C16H18F3NO/c1-11-6-8-15(10-20,9-7-11)14(21)12-2-4-13(5-3-12)16(17,18)19/h2-5,11,14,21H,6-9H2,1H3. The van der Waals surface area contributed by atoms with Crippen molar-refractivity contribution in [3.63, 3.8) is 0 Å². The number of halogens is 3. The van der Waals surface area contributed by atoms with Crippen LogP contribution in [0.5, 0.6) is 0 Å². The van der Waals surface area contributed by atoms with Crippen LogP contribution >= 0.6 is 0 Å². The molecule has 1 unspecified atom stereocenters. The first-order valence-corrected chi connectivity index (χ1v) is 7.05. The lowest BCUT2D eigenvalue weighted by Gasteiger charge is -2.37. The van der Waals surface area contributed by atoms with Crippen LogP contribution in [-0.4, -0.2) is 5.11 Å². The average molecular weight is 297 g/mol. The molecule has 0 aliphatic heterocycles. The highest BCUT2D eigenvalue weighted by Gasteiger charge is 2.42. The Bertz CT molecular complexity index is 522. The Balaban J connectivity index is 2.23. The van der Waals surface area contributed by atoms with Crippen molar-refractivity contribution in [3.8, 4) is 6.07 Å². The minimum absolute atomic E-state index is 0.374. The largest absolute Gasteiger partial charge is 0.416 e. The molecule has 0 aromatic heterocycles.